The van der Waals surface area contributed by atoms with Gasteiger partial charge >= 0.3 is 0 Å². The number of hydrogen-bond donors (Lipinski definition) is 0. The predicted molar refractivity (Wildman–Crippen MR) is 102 cm³/mol. The smallest absolute Gasteiger partial charge is 0.298 e. The summed E-state index contributed by atoms with van der Waals surface area (Å²) in [4.78, 5) is 19.4. The molecule has 0 saturated heterocycles. The SMILES string of the molecule is CCc1cccc2sc(N(Cc3ccccc3)C(=O)c3ccno3)nc12. The molecule has 5 nitrogen and oxygen atoms in total. The first-order chi connectivity index (χ1) is 12.8. The van der Waals surface area contributed by atoms with Gasteiger partial charge in [0.05, 0.1) is 23.0 Å². The van der Waals surface area contributed by atoms with Crippen LogP contribution in [0.25, 0.3) is 10.2 Å². The number of aromatic nitrogens is 2. The summed E-state index contributed by atoms with van der Waals surface area (Å²) in [5.41, 5.74) is 3.16. The number of thiazole rings is 1. The van der Waals surface area contributed by atoms with Crippen LogP contribution in [-0.4, -0.2) is 16.0 Å². The van der Waals surface area contributed by atoms with Gasteiger partial charge in [-0.15, -0.1) is 0 Å². The zero-order valence-electron chi connectivity index (χ0n) is 14.3. The van der Waals surface area contributed by atoms with Crippen molar-refractivity contribution in [2.75, 3.05) is 4.90 Å². The molecule has 2 heterocycles. The monoisotopic (exact) mass is 363 g/mol. The minimum atomic E-state index is -0.247. The highest BCUT2D eigenvalue weighted by Gasteiger charge is 2.24. The van der Waals surface area contributed by atoms with Gasteiger partial charge in [0.15, 0.2) is 5.13 Å². The van der Waals surface area contributed by atoms with E-state index in [4.69, 9.17) is 9.51 Å². The quantitative estimate of drug-likeness (QED) is 0.516. The summed E-state index contributed by atoms with van der Waals surface area (Å²) in [6.07, 6.45) is 2.37. The fraction of sp³-hybridized carbons (Fsp3) is 0.150. The van der Waals surface area contributed by atoms with E-state index < -0.39 is 0 Å². The van der Waals surface area contributed by atoms with E-state index in [9.17, 15) is 4.79 Å². The average Bonchev–Trinajstić information content (AvgIpc) is 3.35. The average molecular weight is 363 g/mol. The first-order valence-corrected chi connectivity index (χ1v) is 9.23. The van der Waals surface area contributed by atoms with E-state index in [0.29, 0.717) is 11.7 Å². The number of hydrogen-bond acceptors (Lipinski definition) is 5. The van der Waals surface area contributed by atoms with Crippen LogP contribution in [0.1, 0.15) is 28.6 Å². The molecule has 0 atom stereocenters. The maximum Gasteiger partial charge on any atom is 0.298 e. The number of fused-ring (bicyclic) bond motifs is 1. The van der Waals surface area contributed by atoms with Gasteiger partial charge in [0.2, 0.25) is 5.76 Å². The van der Waals surface area contributed by atoms with Crippen molar-refractivity contribution in [1.29, 1.82) is 0 Å². The topological polar surface area (TPSA) is 59.2 Å². The van der Waals surface area contributed by atoms with Crippen LogP contribution < -0.4 is 4.90 Å². The van der Waals surface area contributed by atoms with Crippen LogP contribution >= 0.6 is 11.3 Å². The van der Waals surface area contributed by atoms with E-state index in [2.05, 4.69) is 18.1 Å². The summed E-state index contributed by atoms with van der Waals surface area (Å²) in [6, 6.07) is 17.6. The minimum absolute atomic E-state index is 0.205. The third-order valence-electron chi connectivity index (χ3n) is 4.18. The Bertz CT molecular complexity index is 1030. The second kappa shape index (κ2) is 7.09. The summed E-state index contributed by atoms with van der Waals surface area (Å²) in [6.45, 7) is 2.52. The van der Waals surface area contributed by atoms with Crippen molar-refractivity contribution in [2.24, 2.45) is 0 Å². The predicted octanol–water partition coefficient (Wildman–Crippen LogP) is 4.69. The van der Waals surface area contributed by atoms with E-state index in [1.807, 2.05) is 42.5 Å². The van der Waals surface area contributed by atoms with Crippen molar-refractivity contribution in [1.82, 2.24) is 10.1 Å². The molecule has 2 aromatic heterocycles. The molecule has 0 aliphatic heterocycles. The first-order valence-electron chi connectivity index (χ1n) is 8.41. The Morgan fingerprint density at radius 2 is 1.96 bits per heavy atom. The number of amides is 1. The summed E-state index contributed by atoms with van der Waals surface area (Å²) < 4.78 is 6.16. The van der Waals surface area contributed by atoms with E-state index >= 15 is 0 Å². The Morgan fingerprint density at radius 3 is 2.69 bits per heavy atom. The normalized spacial score (nSPS) is 11.0. The fourth-order valence-corrected chi connectivity index (χ4v) is 3.86. The summed E-state index contributed by atoms with van der Waals surface area (Å²) in [5.74, 6) is -0.0423. The molecule has 130 valence electrons. The molecule has 26 heavy (non-hydrogen) atoms. The third kappa shape index (κ3) is 3.11. The van der Waals surface area contributed by atoms with Crippen LogP contribution in [0.3, 0.4) is 0 Å². The summed E-state index contributed by atoms with van der Waals surface area (Å²) >= 11 is 1.51. The molecule has 0 saturated carbocycles. The Kier molecular flexibility index (Phi) is 4.50. The highest BCUT2D eigenvalue weighted by molar-refractivity contribution is 7.22. The summed E-state index contributed by atoms with van der Waals surface area (Å²) in [5, 5.41) is 4.32. The standard InChI is InChI=1S/C20H17N3O2S/c1-2-15-9-6-10-17-18(15)22-20(26-17)23(13-14-7-4-3-5-8-14)19(24)16-11-12-21-25-16/h3-12H,2,13H2,1H3. The number of anilines is 1. The molecule has 0 fully saturated rings. The van der Waals surface area contributed by atoms with Crippen LogP contribution in [0.2, 0.25) is 0 Å². The molecule has 4 aromatic rings. The number of rotatable bonds is 5. The molecule has 0 aliphatic rings. The van der Waals surface area contributed by atoms with Gasteiger partial charge in [-0.3, -0.25) is 9.69 Å². The Hall–Kier alpha value is -2.99. The van der Waals surface area contributed by atoms with Gasteiger partial charge in [-0.25, -0.2) is 4.98 Å². The number of benzene rings is 2. The van der Waals surface area contributed by atoms with Crippen LogP contribution in [0.4, 0.5) is 5.13 Å². The van der Waals surface area contributed by atoms with Gasteiger partial charge in [0.25, 0.3) is 5.91 Å². The molecule has 0 bridgehead atoms. The largest absolute Gasteiger partial charge is 0.351 e. The van der Waals surface area contributed by atoms with Crippen LogP contribution in [0.5, 0.6) is 0 Å². The molecule has 0 aliphatic carbocycles. The second-order valence-electron chi connectivity index (χ2n) is 5.87. The van der Waals surface area contributed by atoms with Crippen molar-refractivity contribution in [2.45, 2.75) is 19.9 Å². The maximum absolute atomic E-state index is 13.0. The van der Waals surface area contributed by atoms with Crippen molar-refractivity contribution < 1.29 is 9.32 Å². The van der Waals surface area contributed by atoms with Gasteiger partial charge in [-0.2, -0.15) is 0 Å². The first kappa shape index (κ1) is 16.5. The van der Waals surface area contributed by atoms with Gasteiger partial charge in [0, 0.05) is 6.07 Å². The summed E-state index contributed by atoms with van der Waals surface area (Å²) in [7, 11) is 0. The molecule has 0 spiro atoms. The lowest BCUT2D eigenvalue weighted by Crippen LogP contribution is -2.30. The van der Waals surface area contributed by atoms with Gasteiger partial charge in [-0.1, -0.05) is 65.9 Å². The van der Waals surface area contributed by atoms with E-state index in [-0.39, 0.29) is 11.7 Å². The van der Waals surface area contributed by atoms with Crippen LogP contribution in [0, 0.1) is 0 Å². The molecule has 0 unspecified atom stereocenters. The molecule has 4 rings (SSSR count). The lowest BCUT2D eigenvalue weighted by Gasteiger charge is -2.18. The highest BCUT2D eigenvalue weighted by Crippen LogP contribution is 2.32. The van der Waals surface area contributed by atoms with Crippen LogP contribution in [0.15, 0.2) is 65.3 Å². The number of carbonyl (C=O) groups is 1. The van der Waals surface area contributed by atoms with Crippen LogP contribution in [-0.2, 0) is 13.0 Å². The molecule has 0 N–H and O–H groups in total. The Morgan fingerprint density at radius 1 is 1.12 bits per heavy atom. The molecule has 1 amide bonds. The number of nitrogens with zero attached hydrogens (tertiary/aromatic N) is 3. The highest BCUT2D eigenvalue weighted by atomic mass is 32.1. The Balaban J connectivity index is 1.78. The van der Waals surface area contributed by atoms with Crippen molar-refractivity contribution >= 4 is 32.6 Å². The number of para-hydroxylation sites is 1. The molecule has 2 aromatic carbocycles. The third-order valence-corrected chi connectivity index (χ3v) is 5.22. The lowest BCUT2D eigenvalue weighted by atomic mass is 10.1. The van der Waals surface area contributed by atoms with E-state index in [1.165, 1.54) is 23.1 Å². The zero-order chi connectivity index (χ0) is 17.9. The van der Waals surface area contributed by atoms with Crippen molar-refractivity contribution in [3.8, 4) is 0 Å². The van der Waals surface area contributed by atoms with E-state index in [1.54, 1.807) is 11.0 Å². The van der Waals surface area contributed by atoms with Gasteiger partial charge in [-0.05, 0) is 23.6 Å². The lowest BCUT2D eigenvalue weighted by molar-refractivity contribution is 0.0949. The number of carbonyl (C=O) groups excluding carboxylic acids is 1. The molecule has 0 radical (unpaired) electrons. The fourth-order valence-electron chi connectivity index (χ4n) is 2.85. The van der Waals surface area contributed by atoms with Gasteiger partial charge < -0.3 is 4.52 Å². The number of aryl methyl sites for hydroxylation is 1. The van der Waals surface area contributed by atoms with Gasteiger partial charge in [0.1, 0.15) is 0 Å². The van der Waals surface area contributed by atoms with E-state index in [0.717, 1.165) is 22.2 Å². The second-order valence-corrected chi connectivity index (χ2v) is 6.88. The zero-order valence-corrected chi connectivity index (χ0v) is 15.1. The van der Waals surface area contributed by atoms with Crippen molar-refractivity contribution in [3.63, 3.8) is 0 Å². The van der Waals surface area contributed by atoms with Crippen molar-refractivity contribution in [3.05, 3.63) is 77.7 Å². The molecular formula is C20H17N3O2S. The molecule has 6 heteroatoms. The Labute approximate surface area is 154 Å². The molecular weight excluding hydrogens is 346 g/mol. The minimum Gasteiger partial charge on any atom is -0.351 e. The maximum atomic E-state index is 13.0.